The van der Waals surface area contributed by atoms with Crippen molar-refractivity contribution in [3.63, 3.8) is 0 Å². The summed E-state index contributed by atoms with van der Waals surface area (Å²) in [5.41, 5.74) is 0. The van der Waals surface area contributed by atoms with E-state index in [9.17, 15) is 0 Å². The van der Waals surface area contributed by atoms with Crippen molar-refractivity contribution in [1.29, 1.82) is 0 Å². The fourth-order valence-corrected chi connectivity index (χ4v) is 1.48. The molecule has 11 heavy (non-hydrogen) atoms. The fraction of sp³-hybridized carbons (Fsp3) is 1.00. The van der Waals surface area contributed by atoms with Crippen molar-refractivity contribution in [3.8, 4) is 0 Å². The topological polar surface area (TPSA) is 61.5 Å². The quantitative estimate of drug-likeness (QED) is 0.340. The molecule has 1 heterocycles. The van der Waals surface area contributed by atoms with Gasteiger partial charge in [-0.2, -0.15) is 0 Å². The van der Waals surface area contributed by atoms with E-state index in [1.54, 1.807) is 0 Å². The van der Waals surface area contributed by atoms with Crippen LogP contribution in [0.3, 0.4) is 0 Å². The maximum atomic E-state index is 9.13. The third kappa shape index (κ3) is 3.16. The first-order valence-corrected chi connectivity index (χ1v) is 4.27. The van der Waals surface area contributed by atoms with Crippen LogP contribution in [0.2, 0.25) is 0 Å². The lowest BCUT2D eigenvalue weighted by molar-refractivity contribution is -0.949. The number of nitrogens with one attached hydrogen (secondary N) is 1. The molecule has 0 radical (unpaired) electrons. The van der Waals surface area contributed by atoms with Crippen molar-refractivity contribution >= 4 is 0 Å². The Morgan fingerprint density at radius 1 is 1.36 bits per heavy atom. The first kappa shape index (κ1) is 8.93. The van der Waals surface area contributed by atoms with E-state index >= 15 is 0 Å². The molecule has 0 spiro atoms. The van der Waals surface area contributed by atoms with E-state index in [0.29, 0.717) is 6.54 Å². The van der Waals surface area contributed by atoms with E-state index in [-0.39, 0.29) is 6.61 Å². The zero-order valence-electron chi connectivity index (χ0n) is 6.79. The normalized spacial score (nSPS) is 23.5. The Morgan fingerprint density at radius 3 is 2.55 bits per heavy atom. The van der Waals surface area contributed by atoms with Gasteiger partial charge in [0.15, 0.2) is 0 Å². The van der Waals surface area contributed by atoms with Gasteiger partial charge in [0, 0.05) is 0 Å². The van der Waals surface area contributed by atoms with E-state index in [4.69, 9.17) is 10.2 Å². The van der Waals surface area contributed by atoms with Crippen LogP contribution in [0, 0.1) is 0 Å². The standard InChI is InChI=1S/C7H16N2O2/c10-6-7(11)5-9-3-1-8-2-4-9/h7-8,10-11H,1-6H2/p+2/t7-/m0/s1. The summed E-state index contributed by atoms with van der Waals surface area (Å²) in [6, 6.07) is 0. The summed E-state index contributed by atoms with van der Waals surface area (Å²) >= 11 is 0. The van der Waals surface area contributed by atoms with Crippen molar-refractivity contribution in [2.45, 2.75) is 6.10 Å². The van der Waals surface area contributed by atoms with Gasteiger partial charge in [-0.3, -0.25) is 0 Å². The summed E-state index contributed by atoms with van der Waals surface area (Å²) in [7, 11) is 0. The first-order chi connectivity index (χ1) is 5.33. The van der Waals surface area contributed by atoms with Crippen LogP contribution in [0.15, 0.2) is 0 Å². The lowest BCUT2D eigenvalue weighted by Gasteiger charge is -2.23. The van der Waals surface area contributed by atoms with Crippen LogP contribution in [0.5, 0.6) is 0 Å². The van der Waals surface area contributed by atoms with Gasteiger partial charge in [0.1, 0.15) is 38.8 Å². The molecule has 0 amide bonds. The van der Waals surface area contributed by atoms with Gasteiger partial charge in [-0.05, 0) is 0 Å². The first-order valence-electron chi connectivity index (χ1n) is 4.27. The Bertz CT molecular complexity index is 105. The average Bonchev–Trinajstić information content (AvgIpc) is 2.06. The highest BCUT2D eigenvalue weighted by atomic mass is 16.3. The Morgan fingerprint density at radius 2 is 2.00 bits per heavy atom. The van der Waals surface area contributed by atoms with Crippen LogP contribution in [-0.2, 0) is 0 Å². The second-order valence-corrected chi connectivity index (χ2v) is 3.16. The number of rotatable bonds is 3. The van der Waals surface area contributed by atoms with Gasteiger partial charge in [-0.1, -0.05) is 0 Å². The molecule has 0 aromatic carbocycles. The molecule has 1 rings (SSSR count). The molecule has 1 fully saturated rings. The highest BCUT2D eigenvalue weighted by Crippen LogP contribution is 1.72. The summed E-state index contributed by atoms with van der Waals surface area (Å²) < 4.78 is 0. The van der Waals surface area contributed by atoms with E-state index in [1.165, 1.54) is 4.90 Å². The molecule has 0 aromatic rings. The van der Waals surface area contributed by atoms with Gasteiger partial charge in [0.05, 0.1) is 6.61 Å². The van der Waals surface area contributed by atoms with E-state index in [1.807, 2.05) is 0 Å². The Labute approximate surface area is 66.8 Å². The lowest BCUT2D eigenvalue weighted by atomic mass is 10.3. The zero-order valence-corrected chi connectivity index (χ0v) is 6.79. The summed E-state index contributed by atoms with van der Waals surface area (Å²) in [4.78, 5) is 1.41. The van der Waals surface area contributed by atoms with Crippen molar-refractivity contribution in [1.82, 2.24) is 0 Å². The molecular formula is C7H18N2O2+2. The predicted octanol–water partition coefficient (Wildman–Crippen LogP) is -4.20. The highest BCUT2D eigenvalue weighted by Gasteiger charge is 2.18. The fourth-order valence-electron chi connectivity index (χ4n) is 1.48. The molecule has 1 atom stereocenters. The molecule has 0 bridgehead atoms. The Balaban J connectivity index is 2.13. The molecule has 4 nitrogen and oxygen atoms in total. The molecule has 5 N–H and O–H groups in total. The zero-order chi connectivity index (χ0) is 8.10. The van der Waals surface area contributed by atoms with Crippen LogP contribution >= 0.6 is 0 Å². The third-order valence-electron chi connectivity index (χ3n) is 2.14. The number of hydrogen-bond donors (Lipinski definition) is 4. The van der Waals surface area contributed by atoms with Crippen LogP contribution in [0.1, 0.15) is 0 Å². The molecule has 4 heteroatoms. The van der Waals surface area contributed by atoms with Crippen LogP contribution < -0.4 is 10.2 Å². The number of aliphatic hydroxyl groups is 2. The van der Waals surface area contributed by atoms with Crippen molar-refractivity contribution < 1.29 is 20.4 Å². The largest absolute Gasteiger partial charge is 0.393 e. The summed E-state index contributed by atoms with van der Waals surface area (Å²) in [6.07, 6.45) is -0.525. The third-order valence-corrected chi connectivity index (χ3v) is 2.14. The maximum Gasteiger partial charge on any atom is 0.127 e. The van der Waals surface area contributed by atoms with Crippen LogP contribution in [0.4, 0.5) is 0 Å². The minimum Gasteiger partial charge on any atom is -0.393 e. The molecule has 1 aliphatic rings. The van der Waals surface area contributed by atoms with Gasteiger partial charge in [0.25, 0.3) is 0 Å². The van der Waals surface area contributed by atoms with Gasteiger partial charge in [-0.15, -0.1) is 0 Å². The summed E-state index contributed by atoms with van der Waals surface area (Å²) in [5.74, 6) is 0. The number of hydrogen-bond acceptors (Lipinski definition) is 2. The average molecular weight is 162 g/mol. The van der Waals surface area contributed by atoms with Crippen molar-refractivity contribution in [2.24, 2.45) is 0 Å². The summed E-state index contributed by atoms with van der Waals surface area (Å²) in [5, 5.41) is 20.0. The Hall–Kier alpha value is -0.160. The molecule has 1 aliphatic heterocycles. The lowest BCUT2D eigenvalue weighted by Crippen LogP contribution is -3.21. The van der Waals surface area contributed by atoms with Gasteiger partial charge < -0.3 is 20.4 Å². The van der Waals surface area contributed by atoms with Crippen molar-refractivity contribution in [2.75, 3.05) is 39.3 Å². The van der Waals surface area contributed by atoms with Crippen LogP contribution in [0.25, 0.3) is 0 Å². The molecular weight excluding hydrogens is 144 g/mol. The summed E-state index contributed by atoms with van der Waals surface area (Å²) in [6.45, 7) is 5.10. The second kappa shape index (κ2) is 4.66. The van der Waals surface area contributed by atoms with Crippen molar-refractivity contribution in [3.05, 3.63) is 0 Å². The number of aliphatic hydroxyl groups excluding tert-OH is 2. The molecule has 1 saturated heterocycles. The second-order valence-electron chi connectivity index (χ2n) is 3.16. The van der Waals surface area contributed by atoms with Gasteiger partial charge in [-0.25, -0.2) is 0 Å². The monoisotopic (exact) mass is 162 g/mol. The van der Waals surface area contributed by atoms with E-state index in [2.05, 4.69) is 5.32 Å². The number of nitrogens with two attached hydrogens (primary N) is 1. The van der Waals surface area contributed by atoms with Gasteiger partial charge >= 0.3 is 0 Å². The molecule has 0 aliphatic carbocycles. The number of piperazine rings is 1. The molecule has 0 unspecified atom stereocenters. The molecule has 0 saturated carbocycles. The van der Waals surface area contributed by atoms with Gasteiger partial charge in [0.2, 0.25) is 0 Å². The minimum absolute atomic E-state index is 0.104. The van der Waals surface area contributed by atoms with E-state index < -0.39 is 6.10 Å². The molecule has 66 valence electrons. The van der Waals surface area contributed by atoms with Crippen LogP contribution in [-0.4, -0.2) is 55.6 Å². The van der Waals surface area contributed by atoms with E-state index in [0.717, 1.165) is 26.2 Å². The maximum absolute atomic E-state index is 9.13. The number of quaternary nitrogens is 2. The molecule has 0 aromatic heterocycles. The predicted molar refractivity (Wildman–Crippen MR) is 40.3 cm³/mol. The Kier molecular flexibility index (Phi) is 3.79. The minimum atomic E-state index is -0.525. The smallest absolute Gasteiger partial charge is 0.127 e. The SMILES string of the molecule is OC[C@@H](O)C[NH+]1CC[NH2+]CC1. The highest BCUT2D eigenvalue weighted by molar-refractivity contribution is 4.48.